The molecule has 3 N–H and O–H groups in total. The molecule has 1 aliphatic rings. The monoisotopic (exact) mass is 442 g/mol. The number of nitrogens with one attached hydrogen (secondary N) is 3. The van der Waals surface area contributed by atoms with Crippen molar-refractivity contribution in [2.24, 2.45) is 4.99 Å². The van der Waals surface area contributed by atoms with Gasteiger partial charge in [-0.15, -0.1) is 0 Å². The smallest absolute Gasteiger partial charge is 0.148 e. The highest BCUT2D eigenvalue weighted by molar-refractivity contribution is 7.97. The molecule has 0 spiro atoms. The van der Waals surface area contributed by atoms with Crippen molar-refractivity contribution in [1.82, 2.24) is 14.5 Å². The highest BCUT2D eigenvalue weighted by atomic mass is 32.2. The fraction of sp³-hybridized carbons (Fsp3) is 0.200. The minimum absolute atomic E-state index is 0.178. The van der Waals surface area contributed by atoms with Crippen LogP contribution >= 0.6 is 11.9 Å². The molecule has 0 atom stereocenters. The van der Waals surface area contributed by atoms with Gasteiger partial charge in [0.25, 0.3) is 0 Å². The lowest BCUT2D eigenvalue weighted by molar-refractivity contribution is 0.799. The SMILES string of the molecule is C=Nc1ccc(CC(=N)n2nc(-c3ccc(SNC4CC4)cc3)ccc2=N)cc1/C=C\C. The van der Waals surface area contributed by atoms with Crippen LogP contribution in [0.3, 0.4) is 0 Å². The maximum atomic E-state index is 8.59. The number of aliphatic imine (C=N–C) groups is 1. The van der Waals surface area contributed by atoms with Crippen LogP contribution in [0.5, 0.6) is 0 Å². The zero-order chi connectivity index (χ0) is 22.5. The first-order valence-electron chi connectivity index (χ1n) is 10.6. The van der Waals surface area contributed by atoms with Gasteiger partial charge in [-0.05, 0) is 80.4 Å². The molecular weight excluding hydrogens is 416 g/mol. The number of hydrogen-bond donors (Lipinski definition) is 3. The molecule has 6 nitrogen and oxygen atoms in total. The molecule has 0 aliphatic heterocycles. The molecular formula is C25H26N6S. The Morgan fingerprint density at radius 3 is 2.69 bits per heavy atom. The molecule has 1 saturated carbocycles. The average Bonchev–Trinajstić information content (AvgIpc) is 3.63. The molecule has 7 heteroatoms. The molecule has 4 rings (SSSR count). The summed E-state index contributed by atoms with van der Waals surface area (Å²) in [5, 5.41) is 21.4. The summed E-state index contributed by atoms with van der Waals surface area (Å²) < 4.78 is 4.83. The van der Waals surface area contributed by atoms with Crippen LogP contribution in [0.2, 0.25) is 0 Å². The summed E-state index contributed by atoms with van der Waals surface area (Å²) >= 11 is 1.66. The maximum absolute atomic E-state index is 8.59. The van der Waals surface area contributed by atoms with Gasteiger partial charge in [0.1, 0.15) is 11.3 Å². The average molecular weight is 443 g/mol. The van der Waals surface area contributed by atoms with E-state index in [4.69, 9.17) is 10.8 Å². The predicted octanol–water partition coefficient (Wildman–Crippen LogP) is 5.22. The van der Waals surface area contributed by atoms with Crippen LogP contribution in [0.4, 0.5) is 5.69 Å². The van der Waals surface area contributed by atoms with Gasteiger partial charge in [-0.25, -0.2) is 4.68 Å². The van der Waals surface area contributed by atoms with Crippen molar-refractivity contribution < 1.29 is 0 Å². The lowest BCUT2D eigenvalue weighted by atomic mass is 10.1. The number of rotatable bonds is 8. The van der Waals surface area contributed by atoms with E-state index in [2.05, 4.69) is 33.7 Å². The highest BCUT2D eigenvalue weighted by Crippen LogP contribution is 2.26. The Hall–Kier alpha value is -3.29. The fourth-order valence-electron chi connectivity index (χ4n) is 3.27. The zero-order valence-corrected chi connectivity index (χ0v) is 18.8. The lowest BCUT2D eigenvalue weighted by Crippen LogP contribution is -2.30. The summed E-state index contributed by atoms with van der Waals surface area (Å²) in [6.07, 6.45) is 6.80. The normalized spacial score (nSPS) is 13.4. The molecule has 1 aromatic heterocycles. The maximum Gasteiger partial charge on any atom is 0.148 e. The first-order chi connectivity index (χ1) is 15.6. The van der Waals surface area contributed by atoms with E-state index in [1.807, 2.05) is 55.5 Å². The van der Waals surface area contributed by atoms with E-state index in [9.17, 15) is 0 Å². The Balaban J connectivity index is 1.53. The third-order valence-electron chi connectivity index (χ3n) is 5.14. The molecule has 0 saturated heterocycles. The van der Waals surface area contributed by atoms with Crippen molar-refractivity contribution in [2.75, 3.05) is 0 Å². The summed E-state index contributed by atoms with van der Waals surface area (Å²) in [4.78, 5) is 5.21. The van der Waals surface area contributed by atoms with Gasteiger partial charge in [0.05, 0.1) is 11.4 Å². The molecule has 2 aromatic carbocycles. The Labute approximate surface area is 192 Å². The van der Waals surface area contributed by atoms with Gasteiger partial charge < -0.3 is 0 Å². The van der Waals surface area contributed by atoms with Crippen molar-refractivity contribution >= 4 is 36.3 Å². The number of allylic oxidation sites excluding steroid dienone is 1. The second-order valence-electron chi connectivity index (χ2n) is 7.71. The predicted molar refractivity (Wildman–Crippen MR) is 133 cm³/mol. The second-order valence-corrected chi connectivity index (χ2v) is 8.62. The van der Waals surface area contributed by atoms with E-state index in [-0.39, 0.29) is 11.3 Å². The number of benzene rings is 2. The number of aromatic nitrogens is 2. The Morgan fingerprint density at radius 2 is 2.00 bits per heavy atom. The number of hydrogen-bond acceptors (Lipinski definition) is 6. The Bertz CT molecular complexity index is 1220. The summed E-state index contributed by atoms with van der Waals surface area (Å²) in [6.45, 7) is 5.57. The van der Waals surface area contributed by atoms with Crippen LogP contribution < -0.4 is 10.2 Å². The summed E-state index contributed by atoms with van der Waals surface area (Å²) in [5.41, 5.74) is 4.59. The molecule has 1 heterocycles. The highest BCUT2D eigenvalue weighted by Gasteiger charge is 2.20. The molecule has 3 aromatic rings. The van der Waals surface area contributed by atoms with Gasteiger partial charge in [0.15, 0.2) is 0 Å². The third kappa shape index (κ3) is 5.30. The van der Waals surface area contributed by atoms with Gasteiger partial charge in [-0.1, -0.05) is 30.4 Å². The largest absolute Gasteiger partial charge is 0.286 e. The lowest BCUT2D eigenvalue weighted by Gasteiger charge is -2.11. The van der Waals surface area contributed by atoms with E-state index >= 15 is 0 Å². The molecule has 1 fully saturated rings. The molecule has 0 radical (unpaired) electrons. The van der Waals surface area contributed by atoms with E-state index in [1.54, 1.807) is 18.0 Å². The quantitative estimate of drug-likeness (QED) is 0.254. The van der Waals surface area contributed by atoms with Crippen molar-refractivity contribution in [3.8, 4) is 11.3 Å². The minimum atomic E-state index is 0.178. The number of nitrogens with zero attached hydrogens (tertiary/aromatic N) is 3. The van der Waals surface area contributed by atoms with Crippen molar-refractivity contribution in [1.29, 1.82) is 10.8 Å². The van der Waals surface area contributed by atoms with Crippen LogP contribution in [0, 0.1) is 10.8 Å². The second kappa shape index (κ2) is 9.89. The zero-order valence-electron chi connectivity index (χ0n) is 18.0. The van der Waals surface area contributed by atoms with Crippen LogP contribution in [-0.2, 0) is 6.42 Å². The van der Waals surface area contributed by atoms with Gasteiger partial charge in [0.2, 0.25) is 0 Å². The van der Waals surface area contributed by atoms with E-state index in [1.165, 1.54) is 17.5 Å². The van der Waals surface area contributed by atoms with Gasteiger partial charge >= 0.3 is 0 Å². The minimum Gasteiger partial charge on any atom is -0.286 e. The van der Waals surface area contributed by atoms with Crippen LogP contribution in [0.25, 0.3) is 17.3 Å². The first kappa shape index (κ1) is 21.9. The molecule has 0 bridgehead atoms. The summed E-state index contributed by atoms with van der Waals surface area (Å²) in [6, 6.07) is 18.2. The molecule has 0 amide bonds. The Kier molecular flexibility index (Phi) is 6.78. The summed E-state index contributed by atoms with van der Waals surface area (Å²) in [5.74, 6) is 0.239. The van der Waals surface area contributed by atoms with Gasteiger partial charge in [-0.2, -0.15) is 5.10 Å². The molecule has 0 unspecified atom stereocenters. The summed E-state index contributed by atoms with van der Waals surface area (Å²) in [7, 11) is 0. The van der Waals surface area contributed by atoms with E-state index in [0.717, 1.165) is 33.0 Å². The molecule has 32 heavy (non-hydrogen) atoms. The van der Waals surface area contributed by atoms with Crippen molar-refractivity contribution in [2.45, 2.75) is 37.1 Å². The van der Waals surface area contributed by atoms with E-state index < -0.39 is 0 Å². The fourth-order valence-corrected chi connectivity index (χ4v) is 4.08. The van der Waals surface area contributed by atoms with Crippen molar-refractivity contribution in [3.05, 3.63) is 77.3 Å². The molecule has 162 valence electrons. The third-order valence-corrected chi connectivity index (χ3v) is 6.10. The van der Waals surface area contributed by atoms with Gasteiger partial charge in [-0.3, -0.25) is 20.5 Å². The van der Waals surface area contributed by atoms with Crippen LogP contribution in [0.1, 0.15) is 30.9 Å². The van der Waals surface area contributed by atoms with E-state index in [0.29, 0.717) is 12.5 Å². The van der Waals surface area contributed by atoms with Gasteiger partial charge in [0, 0.05) is 28.5 Å². The van der Waals surface area contributed by atoms with Crippen molar-refractivity contribution in [3.63, 3.8) is 0 Å². The molecule has 1 aliphatic carbocycles. The Morgan fingerprint density at radius 1 is 1.22 bits per heavy atom. The first-order valence-corrected chi connectivity index (χ1v) is 11.4. The standard InChI is InChI=1S/C25H26N6S/c1-3-4-19-15-17(5-12-22(19)28-2)16-25(27)31-24(26)14-13-23(29-31)18-6-10-21(11-7-18)32-30-20-8-9-20/h3-7,10-15,20,26-27,30H,2,8-9,16H2,1H3/b4-3-,26-24?,27-25?. The van der Waals surface area contributed by atoms with Crippen LogP contribution in [0.15, 0.2) is 70.6 Å². The topological polar surface area (TPSA) is 89.9 Å². The van der Waals surface area contributed by atoms with Crippen LogP contribution in [-0.4, -0.2) is 28.4 Å².